The van der Waals surface area contributed by atoms with Gasteiger partial charge in [-0.2, -0.15) is 13.1 Å². The van der Waals surface area contributed by atoms with Crippen molar-refractivity contribution in [3.05, 3.63) is 48.5 Å². The predicted molar refractivity (Wildman–Crippen MR) is 94.5 cm³/mol. The van der Waals surface area contributed by atoms with Crippen molar-refractivity contribution in [2.75, 3.05) is 26.0 Å². The van der Waals surface area contributed by atoms with E-state index in [1.165, 1.54) is 62.7 Å². The van der Waals surface area contributed by atoms with Crippen LogP contribution in [0.4, 0.5) is 14.5 Å². The monoisotopic (exact) mass is 400 g/mol. The Hall–Kier alpha value is -2.72. The molecule has 2 aromatic rings. The molecule has 0 aliphatic rings. The summed E-state index contributed by atoms with van der Waals surface area (Å²) in [4.78, 5) is 12.1. The van der Waals surface area contributed by atoms with E-state index < -0.39 is 29.1 Å². The number of anilines is 1. The van der Waals surface area contributed by atoms with E-state index in [-0.39, 0.29) is 10.6 Å². The van der Waals surface area contributed by atoms with Crippen LogP contribution >= 0.6 is 0 Å². The minimum atomic E-state index is -3.86. The van der Waals surface area contributed by atoms with Crippen molar-refractivity contribution in [2.45, 2.75) is 11.5 Å². The van der Waals surface area contributed by atoms with Gasteiger partial charge in [0.2, 0.25) is 15.9 Å². The summed E-state index contributed by atoms with van der Waals surface area (Å²) in [7, 11) is -1.12. The molecule has 0 bridgehead atoms. The van der Waals surface area contributed by atoms with Crippen molar-refractivity contribution in [1.29, 1.82) is 0 Å². The minimum Gasteiger partial charge on any atom is -0.497 e. The van der Waals surface area contributed by atoms with Gasteiger partial charge in [0.1, 0.15) is 11.5 Å². The van der Waals surface area contributed by atoms with Gasteiger partial charge in [-0.25, -0.2) is 8.42 Å². The number of carbonyl (C=O) groups is 1. The van der Waals surface area contributed by atoms with Crippen molar-refractivity contribution in [3.8, 4) is 11.5 Å². The molecule has 7 nitrogen and oxygen atoms in total. The Morgan fingerprint density at radius 2 is 1.63 bits per heavy atom. The van der Waals surface area contributed by atoms with E-state index in [0.29, 0.717) is 11.4 Å². The molecule has 1 amide bonds. The number of benzene rings is 2. The van der Waals surface area contributed by atoms with E-state index in [9.17, 15) is 22.0 Å². The van der Waals surface area contributed by atoms with E-state index in [4.69, 9.17) is 4.74 Å². The molecular weight excluding hydrogens is 382 g/mol. The van der Waals surface area contributed by atoms with Gasteiger partial charge < -0.3 is 14.8 Å². The lowest BCUT2D eigenvalue weighted by atomic mass is 10.3. The molecule has 2 aromatic carbocycles. The fourth-order valence-electron chi connectivity index (χ4n) is 2.14. The van der Waals surface area contributed by atoms with Crippen molar-refractivity contribution in [1.82, 2.24) is 4.31 Å². The number of rotatable bonds is 8. The van der Waals surface area contributed by atoms with Gasteiger partial charge in [-0.15, -0.1) is 0 Å². The van der Waals surface area contributed by atoms with Crippen LogP contribution in [0.1, 0.15) is 0 Å². The number of halogens is 2. The van der Waals surface area contributed by atoms with Gasteiger partial charge in [-0.05, 0) is 48.5 Å². The second-order valence-electron chi connectivity index (χ2n) is 5.39. The van der Waals surface area contributed by atoms with Crippen molar-refractivity contribution < 1.29 is 31.5 Å². The van der Waals surface area contributed by atoms with Crippen LogP contribution in [0.15, 0.2) is 53.4 Å². The molecule has 27 heavy (non-hydrogen) atoms. The molecule has 2 rings (SSSR count). The normalized spacial score (nSPS) is 11.5. The minimum absolute atomic E-state index is 0.0205. The highest BCUT2D eigenvalue weighted by molar-refractivity contribution is 7.89. The highest BCUT2D eigenvalue weighted by Gasteiger charge is 2.23. The third kappa shape index (κ3) is 5.63. The third-order valence-corrected chi connectivity index (χ3v) is 5.31. The number of hydrogen-bond donors (Lipinski definition) is 1. The summed E-state index contributed by atoms with van der Waals surface area (Å²) in [5.74, 6) is -0.132. The van der Waals surface area contributed by atoms with Gasteiger partial charge in [0.15, 0.2) is 0 Å². The Balaban J connectivity index is 1.99. The number of nitrogens with zero attached hydrogens (tertiary/aromatic N) is 1. The van der Waals surface area contributed by atoms with Gasteiger partial charge in [0.05, 0.1) is 18.6 Å². The molecule has 0 aliphatic heterocycles. The number of sulfonamides is 1. The van der Waals surface area contributed by atoms with Crippen LogP contribution in [0.2, 0.25) is 0 Å². The predicted octanol–water partition coefficient (Wildman–Crippen LogP) is 2.56. The Kier molecular flexibility index (Phi) is 6.70. The van der Waals surface area contributed by atoms with Gasteiger partial charge in [0.25, 0.3) is 0 Å². The molecule has 0 fully saturated rings. The number of amides is 1. The van der Waals surface area contributed by atoms with Gasteiger partial charge in [-0.1, -0.05) is 0 Å². The first-order valence-electron chi connectivity index (χ1n) is 7.67. The molecule has 1 N–H and O–H groups in total. The Morgan fingerprint density at radius 1 is 1.07 bits per heavy atom. The summed E-state index contributed by atoms with van der Waals surface area (Å²) >= 11 is 0. The summed E-state index contributed by atoms with van der Waals surface area (Å²) in [6.07, 6.45) is 0. The molecule has 0 aromatic heterocycles. The van der Waals surface area contributed by atoms with Crippen LogP contribution in [0, 0.1) is 0 Å². The molecule has 0 heterocycles. The highest BCUT2D eigenvalue weighted by Crippen LogP contribution is 2.20. The van der Waals surface area contributed by atoms with Gasteiger partial charge >= 0.3 is 6.61 Å². The van der Waals surface area contributed by atoms with Crippen molar-refractivity contribution >= 4 is 21.6 Å². The number of ether oxygens (including phenoxy) is 2. The zero-order chi connectivity index (χ0) is 20.0. The zero-order valence-corrected chi connectivity index (χ0v) is 15.4. The largest absolute Gasteiger partial charge is 0.497 e. The lowest BCUT2D eigenvalue weighted by Gasteiger charge is -2.17. The molecule has 10 heteroatoms. The maximum atomic E-state index is 12.5. The molecule has 0 saturated carbocycles. The quantitative estimate of drug-likeness (QED) is 0.736. The SMILES string of the molecule is COc1ccc(S(=O)(=O)N(C)CC(=O)Nc2ccc(OC(F)F)cc2)cc1. The number of alkyl halides is 2. The van der Waals surface area contributed by atoms with Gasteiger partial charge in [0, 0.05) is 12.7 Å². The standard InChI is InChI=1S/C17H18F2N2O5S/c1-21(27(23,24)15-9-7-13(25-2)8-10-15)11-16(22)20-12-3-5-14(6-4-12)26-17(18)19/h3-10,17H,11H2,1-2H3,(H,20,22). The Labute approximate surface area is 155 Å². The van der Waals surface area contributed by atoms with Crippen LogP contribution in [0.25, 0.3) is 0 Å². The van der Waals surface area contributed by atoms with Crippen LogP contribution < -0.4 is 14.8 Å². The van der Waals surface area contributed by atoms with Gasteiger partial charge in [-0.3, -0.25) is 4.79 Å². The number of hydrogen-bond acceptors (Lipinski definition) is 5. The fraction of sp³-hybridized carbons (Fsp3) is 0.235. The maximum Gasteiger partial charge on any atom is 0.387 e. The Morgan fingerprint density at radius 3 is 2.15 bits per heavy atom. The third-order valence-electron chi connectivity index (χ3n) is 3.50. The van der Waals surface area contributed by atoms with Crippen LogP contribution in [-0.2, 0) is 14.8 Å². The summed E-state index contributed by atoms with van der Waals surface area (Å²) in [6.45, 7) is -3.37. The van der Waals surface area contributed by atoms with E-state index in [0.717, 1.165) is 4.31 Å². The second kappa shape index (κ2) is 8.78. The molecule has 0 saturated heterocycles. The van der Waals surface area contributed by atoms with Crippen molar-refractivity contribution in [3.63, 3.8) is 0 Å². The smallest absolute Gasteiger partial charge is 0.387 e. The molecule has 0 spiro atoms. The lowest BCUT2D eigenvalue weighted by molar-refractivity contribution is -0.116. The van der Waals surface area contributed by atoms with Crippen LogP contribution in [0.5, 0.6) is 11.5 Å². The van der Waals surface area contributed by atoms with E-state index >= 15 is 0 Å². The van der Waals surface area contributed by atoms with E-state index in [1.807, 2.05) is 0 Å². The second-order valence-corrected chi connectivity index (χ2v) is 7.43. The average molecular weight is 400 g/mol. The first-order chi connectivity index (χ1) is 12.7. The summed E-state index contributed by atoms with van der Waals surface area (Å²) in [6, 6.07) is 11.0. The number of nitrogens with one attached hydrogen (secondary N) is 1. The first kappa shape index (κ1) is 20.6. The maximum absolute atomic E-state index is 12.5. The molecule has 146 valence electrons. The molecule has 0 atom stereocenters. The summed E-state index contributed by atoms with van der Waals surface area (Å²) in [5, 5.41) is 2.49. The average Bonchev–Trinajstić information content (AvgIpc) is 2.62. The summed E-state index contributed by atoms with van der Waals surface area (Å²) < 4.78 is 59.3. The molecule has 0 unspecified atom stereocenters. The molecular formula is C17H18F2N2O5S. The first-order valence-corrected chi connectivity index (χ1v) is 9.11. The lowest BCUT2D eigenvalue weighted by Crippen LogP contribution is -2.34. The van der Waals surface area contributed by atoms with E-state index in [1.54, 1.807) is 0 Å². The Bertz CT molecular complexity index is 871. The van der Waals surface area contributed by atoms with Crippen LogP contribution in [-0.4, -0.2) is 45.9 Å². The topological polar surface area (TPSA) is 84.9 Å². The number of carbonyl (C=O) groups excluding carboxylic acids is 1. The number of likely N-dealkylation sites (N-methyl/N-ethyl adjacent to an activating group) is 1. The van der Waals surface area contributed by atoms with Crippen LogP contribution in [0.3, 0.4) is 0 Å². The van der Waals surface area contributed by atoms with E-state index in [2.05, 4.69) is 10.1 Å². The summed E-state index contributed by atoms with van der Waals surface area (Å²) in [5.41, 5.74) is 0.317. The fourth-order valence-corrected chi connectivity index (χ4v) is 3.26. The highest BCUT2D eigenvalue weighted by atomic mass is 32.2. The zero-order valence-electron chi connectivity index (χ0n) is 14.6. The number of methoxy groups -OCH3 is 1. The molecule has 0 radical (unpaired) electrons. The van der Waals surface area contributed by atoms with Crippen molar-refractivity contribution in [2.24, 2.45) is 0 Å². The molecule has 0 aliphatic carbocycles.